The van der Waals surface area contributed by atoms with Gasteiger partial charge in [-0.3, -0.25) is 14.5 Å². The van der Waals surface area contributed by atoms with Gasteiger partial charge in [-0.05, 0) is 71.9 Å². The molecule has 0 radical (unpaired) electrons. The molecule has 0 saturated carbocycles. The highest BCUT2D eigenvalue weighted by atomic mass is 32.2. The largest absolute Gasteiger partial charge is 0.497 e. The SMILES string of the molecule is COc1ccc(N=C2S/C(=C\c3ccc(OCC(=O)N4CCOCC4)cc3)C(=O)N2Cc2ccco2)cc1. The number of rotatable bonds is 8. The van der Waals surface area contributed by atoms with E-state index in [1.807, 2.05) is 48.5 Å². The molecule has 2 amide bonds. The molecule has 0 aliphatic carbocycles. The van der Waals surface area contributed by atoms with E-state index in [0.29, 0.717) is 53.6 Å². The van der Waals surface area contributed by atoms with Gasteiger partial charge >= 0.3 is 0 Å². The predicted octanol–water partition coefficient (Wildman–Crippen LogP) is 4.33. The number of morpholine rings is 1. The number of amidine groups is 1. The zero-order chi connectivity index (χ0) is 26.3. The number of hydrogen-bond acceptors (Lipinski definition) is 8. The van der Waals surface area contributed by atoms with E-state index in [1.54, 1.807) is 41.4 Å². The lowest BCUT2D eigenvalue weighted by Crippen LogP contribution is -2.42. The van der Waals surface area contributed by atoms with Crippen LogP contribution >= 0.6 is 11.8 Å². The van der Waals surface area contributed by atoms with Gasteiger partial charge in [-0.15, -0.1) is 0 Å². The summed E-state index contributed by atoms with van der Waals surface area (Å²) >= 11 is 1.31. The van der Waals surface area contributed by atoms with Crippen LogP contribution in [0.15, 0.2) is 81.2 Å². The van der Waals surface area contributed by atoms with Gasteiger partial charge in [0.15, 0.2) is 11.8 Å². The van der Waals surface area contributed by atoms with E-state index in [1.165, 1.54) is 11.8 Å². The first-order chi connectivity index (χ1) is 18.6. The molecular weight excluding hydrogens is 506 g/mol. The minimum Gasteiger partial charge on any atom is -0.497 e. The molecule has 0 atom stereocenters. The Morgan fingerprint density at radius 3 is 2.47 bits per heavy atom. The van der Waals surface area contributed by atoms with Gasteiger partial charge in [0.1, 0.15) is 17.3 Å². The number of carbonyl (C=O) groups is 2. The molecule has 2 aliphatic heterocycles. The molecule has 10 heteroatoms. The van der Waals surface area contributed by atoms with Crippen LogP contribution in [0.3, 0.4) is 0 Å². The van der Waals surface area contributed by atoms with Crippen molar-refractivity contribution in [1.29, 1.82) is 0 Å². The number of thioether (sulfide) groups is 1. The quantitative estimate of drug-likeness (QED) is 0.398. The lowest BCUT2D eigenvalue weighted by atomic mass is 10.2. The van der Waals surface area contributed by atoms with Crippen LogP contribution in [0, 0.1) is 0 Å². The summed E-state index contributed by atoms with van der Waals surface area (Å²) in [6.45, 7) is 2.52. The summed E-state index contributed by atoms with van der Waals surface area (Å²) in [5.41, 5.74) is 1.54. The third-order valence-corrected chi connectivity index (χ3v) is 6.99. The van der Waals surface area contributed by atoms with E-state index in [0.717, 1.165) is 11.3 Å². The van der Waals surface area contributed by atoms with Crippen molar-refractivity contribution in [2.45, 2.75) is 6.54 Å². The second-order valence-corrected chi connectivity index (χ2v) is 9.53. The molecule has 2 aromatic carbocycles. The lowest BCUT2D eigenvalue weighted by Gasteiger charge is -2.26. The summed E-state index contributed by atoms with van der Waals surface area (Å²) in [7, 11) is 1.61. The Kier molecular flexibility index (Phi) is 8.10. The highest BCUT2D eigenvalue weighted by Crippen LogP contribution is 2.35. The van der Waals surface area contributed by atoms with Crippen molar-refractivity contribution in [1.82, 2.24) is 9.80 Å². The number of nitrogens with zero attached hydrogens (tertiary/aromatic N) is 3. The molecule has 3 aromatic rings. The van der Waals surface area contributed by atoms with E-state index in [2.05, 4.69) is 0 Å². The van der Waals surface area contributed by atoms with Crippen LogP contribution in [0.4, 0.5) is 5.69 Å². The minimum absolute atomic E-state index is 0.0261. The Morgan fingerprint density at radius 2 is 1.79 bits per heavy atom. The maximum atomic E-state index is 13.4. The van der Waals surface area contributed by atoms with Crippen LogP contribution in [0.2, 0.25) is 0 Å². The van der Waals surface area contributed by atoms with Crippen LogP contribution < -0.4 is 9.47 Å². The molecule has 5 rings (SSSR count). The van der Waals surface area contributed by atoms with E-state index >= 15 is 0 Å². The van der Waals surface area contributed by atoms with Crippen molar-refractivity contribution in [2.24, 2.45) is 4.99 Å². The average molecular weight is 534 g/mol. The minimum atomic E-state index is -0.157. The first kappa shape index (κ1) is 25.6. The number of benzene rings is 2. The van der Waals surface area contributed by atoms with Crippen LogP contribution in [-0.2, 0) is 20.9 Å². The van der Waals surface area contributed by atoms with Gasteiger partial charge in [0.25, 0.3) is 11.8 Å². The zero-order valence-corrected chi connectivity index (χ0v) is 21.7. The van der Waals surface area contributed by atoms with Crippen molar-refractivity contribution < 1.29 is 28.2 Å². The fraction of sp³-hybridized carbons (Fsp3) is 0.250. The van der Waals surface area contributed by atoms with Gasteiger partial charge in [0.2, 0.25) is 0 Å². The summed E-state index contributed by atoms with van der Waals surface area (Å²) in [4.78, 5) is 34.3. The maximum Gasteiger partial charge on any atom is 0.267 e. The van der Waals surface area contributed by atoms with Crippen molar-refractivity contribution in [3.63, 3.8) is 0 Å². The van der Waals surface area contributed by atoms with Gasteiger partial charge in [0, 0.05) is 13.1 Å². The Hall–Kier alpha value is -4.02. The van der Waals surface area contributed by atoms with Crippen molar-refractivity contribution in [3.8, 4) is 11.5 Å². The van der Waals surface area contributed by atoms with Crippen LogP contribution in [-0.4, -0.2) is 66.8 Å². The van der Waals surface area contributed by atoms with E-state index in [4.69, 9.17) is 23.6 Å². The van der Waals surface area contributed by atoms with E-state index in [-0.39, 0.29) is 25.0 Å². The molecule has 0 unspecified atom stereocenters. The molecule has 3 heterocycles. The van der Waals surface area contributed by atoms with E-state index < -0.39 is 0 Å². The van der Waals surface area contributed by atoms with Crippen LogP contribution in [0.25, 0.3) is 6.08 Å². The first-order valence-corrected chi connectivity index (χ1v) is 13.0. The second-order valence-electron chi connectivity index (χ2n) is 8.52. The fourth-order valence-corrected chi connectivity index (χ4v) is 4.92. The first-order valence-electron chi connectivity index (χ1n) is 12.1. The Bertz CT molecular complexity index is 1310. The number of methoxy groups -OCH3 is 1. The zero-order valence-electron chi connectivity index (χ0n) is 20.9. The molecule has 0 spiro atoms. The Morgan fingerprint density at radius 1 is 1.05 bits per heavy atom. The van der Waals surface area contributed by atoms with Gasteiger partial charge in [0.05, 0.1) is 43.7 Å². The Labute approximate surface area is 224 Å². The third kappa shape index (κ3) is 6.27. The molecular formula is C28H27N3O6S. The van der Waals surface area contributed by atoms with Gasteiger partial charge in [-0.25, -0.2) is 4.99 Å². The number of ether oxygens (including phenoxy) is 3. The standard InChI is InChI=1S/C28H27N3O6S/c1-34-22-10-6-21(7-11-22)29-28-31(18-24-3-2-14-36-24)27(33)25(38-28)17-20-4-8-23(9-5-20)37-19-26(32)30-12-15-35-16-13-30/h2-11,14,17H,12-13,15-16,18-19H2,1H3/b25-17-,29-28?. The highest BCUT2D eigenvalue weighted by Gasteiger charge is 2.34. The molecule has 9 nitrogen and oxygen atoms in total. The van der Waals surface area contributed by atoms with Gasteiger partial charge in [-0.1, -0.05) is 12.1 Å². The van der Waals surface area contributed by atoms with Gasteiger partial charge < -0.3 is 23.5 Å². The molecule has 2 aliphatic rings. The van der Waals surface area contributed by atoms with Crippen LogP contribution in [0.5, 0.6) is 11.5 Å². The number of furan rings is 1. The topological polar surface area (TPSA) is 93.8 Å². The highest BCUT2D eigenvalue weighted by molar-refractivity contribution is 8.18. The smallest absolute Gasteiger partial charge is 0.267 e. The molecule has 0 bridgehead atoms. The molecule has 1 aromatic heterocycles. The average Bonchev–Trinajstić information content (AvgIpc) is 3.58. The fourth-order valence-electron chi connectivity index (χ4n) is 3.92. The molecule has 38 heavy (non-hydrogen) atoms. The molecule has 2 saturated heterocycles. The normalized spacial score (nSPS) is 17.9. The Balaban J connectivity index is 1.29. The van der Waals surface area contributed by atoms with Gasteiger partial charge in [-0.2, -0.15) is 0 Å². The summed E-state index contributed by atoms with van der Waals surface area (Å²) in [5.74, 6) is 1.76. The molecule has 2 fully saturated rings. The summed E-state index contributed by atoms with van der Waals surface area (Å²) in [6.07, 6.45) is 3.40. The maximum absolute atomic E-state index is 13.4. The van der Waals surface area contributed by atoms with Crippen molar-refractivity contribution in [2.75, 3.05) is 40.0 Å². The molecule has 0 N–H and O–H groups in total. The number of hydrogen-bond donors (Lipinski definition) is 0. The third-order valence-electron chi connectivity index (χ3n) is 5.98. The van der Waals surface area contributed by atoms with E-state index in [9.17, 15) is 9.59 Å². The van der Waals surface area contributed by atoms with Crippen molar-refractivity contribution in [3.05, 3.63) is 83.2 Å². The predicted molar refractivity (Wildman–Crippen MR) is 144 cm³/mol. The van der Waals surface area contributed by atoms with Crippen molar-refractivity contribution >= 4 is 40.5 Å². The lowest BCUT2D eigenvalue weighted by molar-refractivity contribution is -0.137. The summed E-state index contributed by atoms with van der Waals surface area (Å²) < 4.78 is 21.6. The number of aliphatic imine (C=N–C) groups is 1. The second kappa shape index (κ2) is 12.0. The monoisotopic (exact) mass is 533 g/mol. The van der Waals surface area contributed by atoms with Crippen LogP contribution in [0.1, 0.15) is 11.3 Å². The summed E-state index contributed by atoms with van der Waals surface area (Å²) in [6, 6.07) is 18.2. The molecule has 196 valence electrons. The number of carbonyl (C=O) groups excluding carboxylic acids is 2. The summed E-state index contributed by atoms with van der Waals surface area (Å²) in [5, 5.41) is 0.560. The number of amides is 2.